The first-order valence-electron chi connectivity index (χ1n) is 10.2. The maximum atomic E-state index is 12.7. The number of nitrogens with zero attached hydrogens (tertiary/aromatic N) is 3. The predicted molar refractivity (Wildman–Crippen MR) is 120 cm³/mol. The average Bonchev–Trinajstić information content (AvgIpc) is 3.24. The molecule has 1 aliphatic rings. The lowest BCUT2D eigenvalue weighted by atomic mass is 9.95. The number of hydrogen-bond acceptors (Lipinski definition) is 6. The number of anilines is 1. The van der Waals surface area contributed by atoms with E-state index in [2.05, 4.69) is 51.6 Å². The Morgan fingerprint density at radius 3 is 2.57 bits per heavy atom. The first-order chi connectivity index (χ1) is 14.6. The molecule has 1 saturated heterocycles. The minimum atomic E-state index is 0.0199. The van der Waals surface area contributed by atoms with Crippen molar-refractivity contribution in [1.82, 2.24) is 15.1 Å². The highest BCUT2D eigenvalue weighted by Crippen LogP contribution is 2.29. The van der Waals surface area contributed by atoms with Crippen molar-refractivity contribution in [3.8, 4) is 16.3 Å². The van der Waals surface area contributed by atoms with Crippen molar-refractivity contribution in [1.29, 1.82) is 0 Å². The van der Waals surface area contributed by atoms with Gasteiger partial charge in [0, 0.05) is 18.0 Å². The Morgan fingerprint density at radius 1 is 1.13 bits per heavy atom. The summed E-state index contributed by atoms with van der Waals surface area (Å²) in [6.45, 7) is 4.96. The van der Waals surface area contributed by atoms with E-state index >= 15 is 0 Å². The van der Waals surface area contributed by atoms with E-state index in [-0.39, 0.29) is 11.8 Å². The molecule has 0 spiro atoms. The van der Waals surface area contributed by atoms with Crippen molar-refractivity contribution in [3.63, 3.8) is 0 Å². The van der Waals surface area contributed by atoms with Gasteiger partial charge in [-0.25, -0.2) is 0 Å². The summed E-state index contributed by atoms with van der Waals surface area (Å²) in [5, 5.41) is 12.6. The normalized spacial score (nSPS) is 15.1. The molecule has 7 heteroatoms. The van der Waals surface area contributed by atoms with Crippen molar-refractivity contribution in [2.45, 2.75) is 26.3 Å². The van der Waals surface area contributed by atoms with Gasteiger partial charge in [0.2, 0.25) is 11.0 Å². The number of ether oxygens (including phenoxy) is 1. The zero-order valence-corrected chi connectivity index (χ0v) is 18.1. The highest BCUT2D eigenvalue weighted by Gasteiger charge is 2.26. The summed E-state index contributed by atoms with van der Waals surface area (Å²) in [5.74, 6) is 0.861. The number of benzene rings is 2. The van der Waals surface area contributed by atoms with E-state index in [4.69, 9.17) is 4.74 Å². The monoisotopic (exact) mass is 422 g/mol. The first-order valence-corrected chi connectivity index (χ1v) is 11.0. The zero-order valence-electron chi connectivity index (χ0n) is 17.3. The Hall–Kier alpha value is -2.77. The lowest BCUT2D eigenvalue weighted by molar-refractivity contribution is -0.121. The molecule has 6 nitrogen and oxygen atoms in total. The van der Waals surface area contributed by atoms with Gasteiger partial charge in [-0.15, -0.1) is 10.2 Å². The Kier molecular flexibility index (Phi) is 6.40. The summed E-state index contributed by atoms with van der Waals surface area (Å²) in [5.41, 5.74) is 3.64. The Balaban J connectivity index is 1.30. The van der Waals surface area contributed by atoms with E-state index in [1.807, 2.05) is 24.3 Å². The van der Waals surface area contributed by atoms with Gasteiger partial charge >= 0.3 is 0 Å². The van der Waals surface area contributed by atoms with Crippen LogP contribution in [0.3, 0.4) is 0 Å². The van der Waals surface area contributed by atoms with Gasteiger partial charge in [-0.2, -0.15) is 0 Å². The van der Waals surface area contributed by atoms with Gasteiger partial charge in [-0.1, -0.05) is 35.6 Å². The summed E-state index contributed by atoms with van der Waals surface area (Å²) >= 11 is 1.39. The molecule has 1 aliphatic heterocycles. The number of aryl methyl sites for hydroxylation is 1. The van der Waals surface area contributed by atoms with Crippen LogP contribution in [0.15, 0.2) is 48.5 Å². The van der Waals surface area contributed by atoms with Gasteiger partial charge in [0.25, 0.3) is 0 Å². The molecule has 156 valence electrons. The van der Waals surface area contributed by atoms with Gasteiger partial charge < -0.3 is 10.1 Å². The van der Waals surface area contributed by atoms with Crippen molar-refractivity contribution in [3.05, 3.63) is 59.7 Å². The SMILES string of the molecule is COc1ccc(-c2nnc(NC(=O)C3CCN(Cc4ccccc4C)CC3)s2)cc1. The second kappa shape index (κ2) is 9.36. The molecule has 0 atom stereocenters. The lowest BCUT2D eigenvalue weighted by Crippen LogP contribution is -2.37. The molecule has 2 aromatic carbocycles. The molecule has 0 radical (unpaired) electrons. The quantitative estimate of drug-likeness (QED) is 0.639. The van der Waals surface area contributed by atoms with Crippen LogP contribution in [0, 0.1) is 12.8 Å². The van der Waals surface area contributed by atoms with E-state index in [1.54, 1.807) is 7.11 Å². The zero-order chi connectivity index (χ0) is 20.9. The van der Waals surface area contributed by atoms with Crippen LogP contribution in [0.25, 0.3) is 10.6 Å². The van der Waals surface area contributed by atoms with Crippen LogP contribution >= 0.6 is 11.3 Å². The van der Waals surface area contributed by atoms with Crippen molar-refractivity contribution in [2.75, 3.05) is 25.5 Å². The summed E-state index contributed by atoms with van der Waals surface area (Å²) in [6, 6.07) is 16.2. The minimum Gasteiger partial charge on any atom is -0.497 e. The Bertz CT molecular complexity index is 994. The third-order valence-corrected chi connectivity index (χ3v) is 6.49. The second-order valence-electron chi connectivity index (χ2n) is 7.61. The van der Waals surface area contributed by atoms with Crippen molar-refractivity contribution < 1.29 is 9.53 Å². The summed E-state index contributed by atoms with van der Waals surface area (Å²) in [4.78, 5) is 15.1. The molecular weight excluding hydrogens is 396 g/mol. The number of aromatic nitrogens is 2. The number of carbonyl (C=O) groups excluding carboxylic acids is 1. The van der Waals surface area contributed by atoms with Crippen LogP contribution < -0.4 is 10.1 Å². The van der Waals surface area contributed by atoms with E-state index in [0.29, 0.717) is 5.13 Å². The van der Waals surface area contributed by atoms with E-state index in [0.717, 1.165) is 48.8 Å². The van der Waals surface area contributed by atoms with E-state index < -0.39 is 0 Å². The number of amides is 1. The van der Waals surface area contributed by atoms with Crippen molar-refractivity contribution >= 4 is 22.4 Å². The van der Waals surface area contributed by atoms with Crippen LogP contribution in [-0.4, -0.2) is 41.2 Å². The molecule has 1 amide bonds. The second-order valence-corrected chi connectivity index (χ2v) is 8.58. The number of piperidine rings is 1. The number of carbonyl (C=O) groups is 1. The number of nitrogens with one attached hydrogen (secondary N) is 1. The summed E-state index contributed by atoms with van der Waals surface area (Å²) < 4.78 is 5.18. The van der Waals surface area contributed by atoms with Crippen LogP contribution in [0.1, 0.15) is 24.0 Å². The molecule has 3 aromatic rings. The smallest absolute Gasteiger partial charge is 0.229 e. The third-order valence-electron chi connectivity index (χ3n) is 5.61. The topological polar surface area (TPSA) is 67.4 Å². The molecule has 0 bridgehead atoms. The molecule has 2 heterocycles. The number of methoxy groups -OCH3 is 1. The number of hydrogen-bond donors (Lipinski definition) is 1. The summed E-state index contributed by atoms with van der Waals surface area (Å²) in [6.07, 6.45) is 1.73. The van der Waals surface area contributed by atoms with E-state index in [9.17, 15) is 4.79 Å². The van der Waals surface area contributed by atoms with Gasteiger partial charge in [0.1, 0.15) is 10.8 Å². The standard InChI is InChI=1S/C23H26N4O2S/c1-16-5-3-4-6-19(16)15-27-13-11-17(12-14-27)21(28)24-23-26-25-22(30-23)18-7-9-20(29-2)10-8-18/h3-10,17H,11-15H2,1-2H3,(H,24,26,28). The molecular formula is C23H26N4O2S. The molecule has 1 aromatic heterocycles. The van der Waals surface area contributed by atoms with Gasteiger partial charge in [0.05, 0.1) is 7.11 Å². The van der Waals surface area contributed by atoms with Crippen LogP contribution in [0.5, 0.6) is 5.75 Å². The van der Waals surface area contributed by atoms with Crippen molar-refractivity contribution in [2.24, 2.45) is 5.92 Å². The fraction of sp³-hybridized carbons (Fsp3) is 0.348. The highest BCUT2D eigenvalue weighted by molar-refractivity contribution is 7.18. The Morgan fingerprint density at radius 2 is 1.87 bits per heavy atom. The van der Waals surface area contributed by atoms with Gasteiger partial charge in [-0.3, -0.25) is 9.69 Å². The largest absolute Gasteiger partial charge is 0.497 e. The maximum Gasteiger partial charge on any atom is 0.229 e. The number of likely N-dealkylation sites (tertiary alicyclic amines) is 1. The van der Waals surface area contributed by atoms with E-state index in [1.165, 1.54) is 22.5 Å². The van der Waals surface area contributed by atoms with Gasteiger partial charge in [0.15, 0.2) is 0 Å². The third kappa shape index (κ3) is 4.86. The lowest BCUT2D eigenvalue weighted by Gasteiger charge is -2.31. The molecule has 0 unspecified atom stereocenters. The first kappa shape index (κ1) is 20.5. The summed E-state index contributed by atoms with van der Waals surface area (Å²) in [7, 11) is 1.64. The van der Waals surface area contributed by atoms with Crippen LogP contribution in [-0.2, 0) is 11.3 Å². The number of rotatable bonds is 6. The Labute approximate surface area is 180 Å². The minimum absolute atomic E-state index is 0.0199. The molecule has 1 N–H and O–H groups in total. The van der Waals surface area contributed by atoms with Crippen LogP contribution in [0.2, 0.25) is 0 Å². The van der Waals surface area contributed by atoms with Gasteiger partial charge in [-0.05, 0) is 68.2 Å². The molecule has 30 heavy (non-hydrogen) atoms. The average molecular weight is 423 g/mol. The van der Waals surface area contributed by atoms with Crippen LogP contribution in [0.4, 0.5) is 5.13 Å². The fourth-order valence-corrected chi connectivity index (χ4v) is 4.47. The molecule has 0 saturated carbocycles. The maximum absolute atomic E-state index is 12.7. The molecule has 0 aliphatic carbocycles. The highest BCUT2D eigenvalue weighted by atomic mass is 32.1. The molecule has 1 fully saturated rings. The predicted octanol–water partition coefficient (Wildman–Crippen LogP) is 4.37. The molecule has 4 rings (SSSR count). The fourth-order valence-electron chi connectivity index (χ4n) is 3.71.